The highest BCUT2D eigenvalue weighted by Gasteiger charge is 2.22. The first-order valence-corrected chi connectivity index (χ1v) is 40.4. The van der Waals surface area contributed by atoms with E-state index in [9.17, 15) is 19.0 Å². The molecule has 0 saturated heterocycles. The Kier molecular flexibility index (Phi) is 68.1. The molecule has 0 rings (SSSR count). The van der Waals surface area contributed by atoms with E-state index in [1.807, 2.05) is 21.1 Å². The third kappa shape index (κ3) is 73.7. The number of hydrogen-bond acceptors (Lipinski definition) is 8. The van der Waals surface area contributed by atoms with Crippen molar-refractivity contribution in [1.82, 2.24) is 0 Å². The molecule has 10 heteroatoms. The van der Waals surface area contributed by atoms with E-state index >= 15 is 0 Å². The number of nitrogens with zero attached hydrogens (tertiary/aromatic N) is 1. The molecule has 518 valence electrons. The molecular formula is C77H152NO8P. The predicted octanol–water partition coefficient (Wildman–Crippen LogP) is 24.8. The molecule has 0 aromatic heterocycles. The van der Waals surface area contributed by atoms with E-state index in [1.54, 1.807) is 0 Å². The molecule has 0 aromatic carbocycles. The number of carbonyl (C=O) groups excluding carboxylic acids is 2. The Morgan fingerprint density at radius 3 is 0.851 bits per heavy atom. The van der Waals surface area contributed by atoms with Crippen LogP contribution in [0.4, 0.5) is 0 Å². The van der Waals surface area contributed by atoms with Gasteiger partial charge in [-0.05, 0) is 38.5 Å². The van der Waals surface area contributed by atoms with E-state index in [0.29, 0.717) is 17.4 Å². The van der Waals surface area contributed by atoms with Crippen LogP contribution in [0.3, 0.4) is 0 Å². The maximum Gasteiger partial charge on any atom is 0.306 e. The average Bonchev–Trinajstić information content (AvgIpc) is 3.68. The highest BCUT2D eigenvalue weighted by Crippen LogP contribution is 2.38. The zero-order chi connectivity index (χ0) is 63.4. The second-order valence-electron chi connectivity index (χ2n) is 28.1. The summed E-state index contributed by atoms with van der Waals surface area (Å²) in [5.41, 5.74) is 0. The van der Waals surface area contributed by atoms with E-state index < -0.39 is 26.5 Å². The van der Waals surface area contributed by atoms with Crippen molar-refractivity contribution in [3.05, 3.63) is 12.2 Å². The summed E-state index contributed by atoms with van der Waals surface area (Å²) in [7, 11) is 1.19. The fourth-order valence-corrected chi connectivity index (χ4v) is 12.8. The Balaban J connectivity index is 3.90. The summed E-state index contributed by atoms with van der Waals surface area (Å²) in [5.74, 6) is -0.805. The van der Waals surface area contributed by atoms with Gasteiger partial charge in [0.05, 0.1) is 27.7 Å². The van der Waals surface area contributed by atoms with Crippen molar-refractivity contribution in [3.63, 3.8) is 0 Å². The average molecular weight is 1250 g/mol. The molecule has 0 spiro atoms. The minimum atomic E-state index is -4.64. The summed E-state index contributed by atoms with van der Waals surface area (Å²) < 4.78 is 34.4. The maximum atomic E-state index is 12.9. The van der Waals surface area contributed by atoms with Gasteiger partial charge in [0.25, 0.3) is 7.82 Å². The summed E-state index contributed by atoms with van der Waals surface area (Å²) in [6, 6.07) is 0. The van der Waals surface area contributed by atoms with Gasteiger partial charge in [-0.25, -0.2) is 0 Å². The quantitative estimate of drug-likeness (QED) is 0.0195. The summed E-state index contributed by atoms with van der Waals surface area (Å²) in [4.78, 5) is 38.1. The van der Waals surface area contributed by atoms with Gasteiger partial charge in [-0.3, -0.25) is 14.2 Å². The van der Waals surface area contributed by atoms with Crippen LogP contribution < -0.4 is 4.89 Å². The number of ether oxygens (including phenoxy) is 2. The number of likely N-dealkylation sites (N-methyl/N-ethyl adjacent to an activating group) is 1. The van der Waals surface area contributed by atoms with Crippen LogP contribution in [0.25, 0.3) is 0 Å². The Labute approximate surface area is 543 Å². The minimum Gasteiger partial charge on any atom is -0.756 e. The smallest absolute Gasteiger partial charge is 0.306 e. The number of esters is 2. The second kappa shape index (κ2) is 69.1. The fraction of sp³-hybridized carbons (Fsp3) is 0.948. The van der Waals surface area contributed by atoms with Crippen molar-refractivity contribution < 1.29 is 42.1 Å². The van der Waals surface area contributed by atoms with Crippen LogP contribution in [0, 0.1) is 0 Å². The molecule has 2 atom stereocenters. The molecule has 0 aliphatic heterocycles. The number of rotatable bonds is 74. The SMILES string of the molecule is CCCCCCCCCC/C=C\CCCCCCCCCCCCCCCCCC(=O)OC(COC(=O)CCCCCCCCCCCCCCCCCCCCCCCCCCCCCCCCCCCCCC)COP(=O)([O-])OCC[N+](C)(C)C. The standard InChI is InChI=1S/C77H152NO8P/c1-6-8-10-12-14-16-18-20-22-24-26-28-30-32-34-35-36-37-38-39-40-41-42-44-45-47-49-51-53-55-57-59-61-63-65-67-69-76(79)83-73-75(74-85-87(81,82)84-72-71-78(3,4)5)86-77(80)70-68-66-64-62-60-58-56-54-52-50-48-46-43-33-31-29-27-25-23-21-19-17-15-13-11-9-7-2/h25,27,75H,6-24,26,28-74H2,1-5H3/b27-25-. The van der Waals surface area contributed by atoms with Gasteiger partial charge in [-0.15, -0.1) is 0 Å². The summed E-state index contributed by atoms with van der Waals surface area (Å²) in [6.07, 6.45) is 86.2. The van der Waals surface area contributed by atoms with Gasteiger partial charge in [0.1, 0.15) is 19.8 Å². The van der Waals surface area contributed by atoms with Crippen LogP contribution in [0.5, 0.6) is 0 Å². The van der Waals surface area contributed by atoms with Gasteiger partial charge >= 0.3 is 11.9 Å². The number of phosphoric acid groups is 1. The lowest BCUT2D eigenvalue weighted by molar-refractivity contribution is -0.870. The molecule has 0 aliphatic carbocycles. The van der Waals surface area contributed by atoms with E-state index in [0.717, 1.165) is 32.1 Å². The Morgan fingerprint density at radius 2 is 0.586 bits per heavy atom. The first kappa shape index (κ1) is 85.8. The number of allylic oxidation sites excluding steroid dienone is 2. The van der Waals surface area contributed by atoms with Crippen LogP contribution in [0.2, 0.25) is 0 Å². The second-order valence-corrected chi connectivity index (χ2v) is 29.5. The highest BCUT2D eigenvalue weighted by molar-refractivity contribution is 7.45. The summed E-state index contributed by atoms with van der Waals surface area (Å²) in [6.45, 7) is 4.33. The van der Waals surface area contributed by atoms with E-state index in [2.05, 4.69) is 26.0 Å². The van der Waals surface area contributed by atoms with Crippen molar-refractivity contribution in [3.8, 4) is 0 Å². The molecule has 0 aromatic rings. The fourth-order valence-electron chi connectivity index (χ4n) is 12.1. The summed E-state index contributed by atoms with van der Waals surface area (Å²) >= 11 is 0. The lowest BCUT2D eigenvalue weighted by Gasteiger charge is -2.28. The van der Waals surface area contributed by atoms with Gasteiger partial charge in [0, 0.05) is 12.8 Å². The van der Waals surface area contributed by atoms with Gasteiger partial charge in [0.15, 0.2) is 6.10 Å². The first-order valence-electron chi connectivity index (χ1n) is 38.9. The molecule has 0 heterocycles. The van der Waals surface area contributed by atoms with Crippen LogP contribution in [-0.4, -0.2) is 70.0 Å². The minimum absolute atomic E-state index is 0.0261. The molecule has 0 saturated carbocycles. The molecule has 2 unspecified atom stereocenters. The van der Waals surface area contributed by atoms with E-state index in [1.165, 1.54) is 353 Å². The van der Waals surface area contributed by atoms with Gasteiger partial charge < -0.3 is 27.9 Å². The third-order valence-electron chi connectivity index (χ3n) is 18.0. The topological polar surface area (TPSA) is 111 Å². The van der Waals surface area contributed by atoms with E-state index in [4.69, 9.17) is 18.5 Å². The van der Waals surface area contributed by atoms with Crippen molar-refractivity contribution in [2.24, 2.45) is 0 Å². The van der Waals surface area contributed by atoms with E-state index in [-0.39, 0.29) is 32.0 Å². The predicted molar refractivity (Wildman–Crippen MR) is 375 cm³/mol. The molecular weight excluding hydrogens is 1100 g/mol. The summed E-state index contributed by atoms with van der Waals surface area (Å²) in [5, 5.41) is 0. The Morgan fingerprint density at radius 1 is 0.345 bits per heavy atom. The largest absolute Gasteiger partial charge is 0.756 e. The van der Waals surface area contributed by atoms with Crippen molar-refractivity contribution >= 4 is 19.8 Å². The maximum absolute atomic E-state index is 12.9. The van der Waals surface area contributed by atoms with Gasteiger partial charge in [0.2, 0.25) is 0 Å². The molecule has 0 fully saturated rings. The van der Waals surface area contributed by atoms with Gasteiger partial charge in [-0.2, -0.15) is 0 Å². The zero-order valence-electron chi connectivity index (χ0n) is 59.3. The van der Waals surface area contributed by atoms with Gasteiger partial charge in [-0.1, -0.05) is 379 Å². The molecule has 9 nitrogen and oxygen atoms in total. The van der Waals surface area contributed by atoms with Crippen molar-refractivity contribution in [1.29, 1.82) is 0 Å². The number of carbonyl (C=O) groups is 2. The van der Waals surface area contributed by atoms with Crippen LogP contribution in [0.15, 0.2) is 12.2 Å². The Hall–Kier alpha value is -1.25. The van der Waals surface area contributed by atoms with Crippen LogP contribution in [-0.2, 0) is 32.7 Å². The number of quaternary nitrogens is 1. The molecule has 0 bridgehead atoms. The lowest BCUT2D eigenvalue weighted by Crippen LogP contribution is -2.37. The Bertz CT molecular complexity index is 1470. The lowest BCUT2D eigenvalue weighted by atomic mass is 10.0. The normalized spacial score (nSPS) is 13.0. The monoisotopic (exact) mass is 1250 g/mol. The zero-order valence-corrected chi connectivity index (χ0v) is 60.2. The highest BCUT2D eigenvalue weighted by atomic mass is 31.2. The van der Waals surface area contributed by atoms with Crippen LogP contribution >= 0.6 is 7.82 Å². The number of unbranched alkanes of at least 4 members (excludes halogenated alkanes) is 58. The first-order chi connectivity index (χ1) is 42.5. The molecule has 0 radical (unpaired) electrons. The molecule has 0 N–H and O–H groups in total. The van der Waals surface area contributed by atoms with Crippen LogP contribution in [0.1, 0.15) is 418 Å². The third-order valence-corrected chi connectivity index (χ3v) is 19.0. The van der Waals surface area contributed by atoms with Crippen molar-refractivity contribution in [2.75, 3.05) is 47.5 Å². The van der Waals surface area contributed by atoms with Crippen molar-refractivity contribution in [2.45, 2.75) is 424 Å². The number of hydrogen-bond donors (Lipinski definition) is 0. The number of phosphoric ester groups is 1. The molecule has 0 amide bonds. The molecule has 87 heavy (non-hydrogen) atoms. The molecule has 0 aliphatic rings.